The molecule has 0 spiro atoms. The molecule has 2 atom stereocenters. The van der Waals surface area contributed by atoms with Crippen LogP contribution in [0.1, 0.15) is 29.1 Å². The van der Waals surface area contributed by atoms with Crippen molar-refractivity contribution in [2.24, 2.45) is 5.73 Å². The number of phenols is 1. The van der Waals surface area contributed by atoms with Gasteiger partial charge in [-0.2, -0.15) is 0 Å². The quantitative estimate of drug-likeness (QED) is 0.573. The predicted molar refractivity (Wildman–Crippen MR) is 88.8 cm³/mol. The molecule has 128 valence electrons. The summed E-state index contributed by atoms with van der Waals surface area (Å²) < 4.78 is 5.57. The Balaban J connectivity index is 1.82. The van der Waals surface area contributed by atoms with Crippen molar-refractivity contribution in [2.45, 2.75) is 19.1 Å². The topological polar surface area (TPSA) is 118 Å². The van der Waals surface area contributed by atoms with Crippen LogP contribution in [0.3, 0.4) is 0 Å². The first-order chi connectivity index (χ1) is 11.5. The van der Waals surface area contributed by atoms with Gasteiger partial charge in [0.25, 0.3) is 5.91 Å². The smallest absolute Gasteiger partial charge is 0.252 e. The second-order valence-electron chi connectivity index (χ2n) is 5.43. The van der Waals surface area contributed by atoms with Crippen molar-refractivity contribution in [3.8, 4) is 11.5 Å². The molecule has 0 aliphatic carbocycles. The van der Waals surface area contributed by atoms with Gasteiger partial charge in [0, 0.05) is 18.8 Å². The van der Waals surface area contributed by atoms with Crippen LogP contribution in [0, 0.1) is 0 Å². The second-order valence-corrected chi connectivity index (χ2v) is 5.43. The Kier molecular flexibility index (Phi) is 6.11. The molecule has 1 heterocycles. The van der Waals surface area contributed by atoms with Gasteiger partial charge in [-0.1, -0.05) is 6.07 Å². The summed E-state index contributed by atoms with van der Waals surface area (Å²) >= 11 is 0. The number of amides is 1. The van der Waals surface area contributed by atoms with Crippen molar-refractivity contribution in [3.63, 3.8) is 0 Å². The van der Waals surface area contributed by atoms with Crippen molar-refractivity contribution in [1.29, 1.82) is 0 Å². The number of nitrogens with two attached hydrogens (primary N) is 1. The van der Waals surface area contributed by atoms with E-state index in [0.717, 1.165) is 0 Å². The maximum atomic E-state index is 11.2. The molecule has 2 unspecified atom stereocenters. The van der Waals surface area contributed by atoms with E-state index in [1.807, 2.05) is 13.0 Å². The SMILES string of the molecule is CC(COc1ccc(O)c(C(N)=O)c1)NCC(O)c1ccccn1. The summed E-state index contributed by atoms with van der Waals surface area (Å²) in [5.74, 6) is -0.470. The third kappa shape index (κ3) is 4.94. The van der Waals surface area contributed by atoms with Gasteiger partial charge >= 0.3 is 0 Å². The molecule has 24 heavy (non-hydrogen) atoms. The van der Waals surface area contributed by atoms with Crippen LogP contribution in [0.15, 0.2) is 42.6 Å². The number of carbonyl (C=O) groups is 1. The lowest BCUT2D eigenvalue weighted by Crippen LogP contribution is -2.35. The fourth-order valence-electron chi connectivity index (χ4n) is 2.07. The fourth-order valence-corrected chi connectivity index (χ4v) is 2.07. The third-order valence-electron chi connectivity index (χ3n) is 3.42. The van der Waals surface area contributed by atoms with Gasteiger partial charge in [-0.05, 0) is 37.3 Å². The van der Waals surface area contributed by atoms with Crippen molar-refractivity contribution in [2.75, 3.05) is 13.2 Å². The van der Waals surface area contributed by atoms with E-state index in [1.54, 1.807) is 24.4 Å². The van der Waals surface area contributed by atoms with Crippen LogP contribution in [0.2, 0.25) is 0 Å². The Bertz CT molecular complexity index is 679. The highest BCUT2D eigenvalue weighted by molar-refractivity contribution is 5.95. The number of hydrogen-bond donors (Lipinski definition) is 4. The Morgan fingerprint density at radius 1 is 1.38 bits per heavy atom. The Hall–Kier alpha value is -2.64. The standard InChI is InChI=1S/C17H21N3O4/c1-11(20-9-16(22)14-4-2-3-7-19-14)10-24-12-5-6-15(21)13(8-12)17(18)23/h2-8,11,16,20-22H,9-10H2,1H3,(H2,18,23). The molecule has 0 bridgehead atoms. The summed E-state index contributed by atoms with van der Waals surface area (Å²) in [6.45, 7) is 2.56. The van der Waals surface area contributed by atoms with Crippen molar-refractivity contribution < 1.29 is 19.7 Å². The lowest BCUT2D eigenvalue weighted by Gasteiger charge is -2.17. The number of hydrogen-bond acceptors (Lipinski definition) is 6. The highest BCUT2D eigenvalue weighted by Crippen LogP contribution is 2.22. The van der Waals surface area contributed by atoms with Gasteiger partial charge in [0.15, 0.2) is 0 Å². The number of aromatic hydroxyl groups is 1. The van der Waals surface area contributed by atoms with E-state index in [1.165, 1.54) is 12.1 Å². The summed E-state index contributed by atoms with van der Waals surface area (Å²) in [4.78, 5) is 15.3. The van der Waals surface area contributed by atoms with Crippen LogP contribution in [0.25, 0.3) is 0 Å². The van der Waals surface area contributed by atoms with Gasteiger partial charge in [0.1, 0.15) is 24.2 Å². The maximum absolute atomic E-state index is 11.2. The number of nitrogens with one attached hydrogen (secondary N) is 1. The molecule has 0 aliphatic heterocycles. The van der Waals surface area contributed by atoms with Gasteiger partial charge in [0.05, 0.1) is 11.3 Å². The number of carbonyl (C=O) groups excluding carboxylic acids is 1. The minimum absolute atomic E-state index is 0.0127. The van der Waals surface area contributed by atoms with Crippen LogP contribution in [-0.2, 0) is 0 Å². The van der Waals surface area contributed by atoms with Crippen LogP contribution in [0.5, 0.6) is 11.5 Å². The summed E-state index contributed by atoms with van der Waals surface area (Å²) in [7, 11) is 0. The number of ether oxygens (including phenoxy) is 1. The first kappa shape index (κ1) is 17.7. The molecule has 0 saturated heterocycles. The molecule has 0 aliphatic rings. The fraction of sp³-hybridized carbons (Fsp3) is 0.294. The average molecular weight is 331 g/mol. The van der Waals surface area contributed by atoms with E-state index >= 15 is 0 Å². The van der Waals surface area contributed by atoms with E-state index < -0.39 is 12.0 Å². The molecule has 2 rings (SSSR count). The number of aliphatic hydroxyl groups is 1. The molecule has 1 amide bonds. The molecule has 0 radical (unpaired) electrons. The molecule has 2 aromatic rings. The van der Waals surface area contributed by atoms with E-state index in [9.17, 15) is 15.0 Å². The zero-order valence-electron chi connectivity index (χ0n) is 13.3. The highest BCUT2D eigenvalue weighted by Gasteiger charge is 2.12. The Labute approximate surface area is 140 Å². The minimum Gasteiger partial charge on any atom is -0.507 e. The van der Waals surface area contributed by atoms with Crippen LogP contribution >= 0.6 is 0 Å². The zero-order valence-corrected chi connectivity index (χ0v) is 13.3. The maximum Gasteiger partial charge on any atom is 0.252 e. The largest absolute Gasteiger partial charge is 0.507 e. The highest BCUT2D eigenvalue weighted by atomic mass is 16.5. The molecular weight excluding hydrogens is 310 g/mol. The van der Waals surface area contributed by atoms with Gasteiger partial charge < -0.3 is 26.0 Å². The zero-order chi connectivity index (χ0) is 17.5. The van der Waals surface area contributed by atoms with Crippen molar-refractivity contribution in [1.82, 2.24) is 10.3 Å². The first-order valence-electron chi connectivity index (χ1n) is 7.55. The first-order valence-corrected chi connectivity index (χ1v) is 7.55. The lowest BCUT2D eigenvalue weighted by atomic mass is 10.2. The molecule has 1 aromatic carbocycles. The number of nitrogens with zero attached hydrogens (tertiary/aromatic N) is 1. The molecule has 0 fully saturated rings. The molecule has 0 saturated carbocycles. The van der Waals surface area contributed by atoms with Crippen molar-refractivity contribution >= 4 is 5.91 Å². The monoisotopic (exact) mass is 331 g/mol. The van der Waals surface area contributed by atoms with E-state index in [-0.39, 0.29) is 17.4 Å². The third-order valence-corrected chi connectivity index (χ3v) is 3.42. The Morgan fingerprint density at radius 3 is 2.83 bits per heavy atom. The minimum atomic E-state index is -0.720. The second kappa shape index (κ2) is 8.28. The van der Waals surface area contributed by atoms with Gasteiger partial charge in [-0.25, -0.2) is 0 Å². The molecule has 5 N–H and O–H groups in total. The average Bonchev–Trinajstić information content (AvgIpc) is 2.59. The number of aromatic nitrogens is 1. The van der Waals surface area contributed by atoms with Gasteiger partial charge in [-0.15, -0.1) is 0 Å². The summed E-state index contributed by atoms with van der Waals surface area (Å²) in [5, 5.41) is 22.7. The van der Waals surface area contributed by atoms with E-state index in [0.29, 0.717) is 24.6 Å². The van der Waals surface area contributed by atoms with Crippen molar-refractivity contribution in [3.05, 3.63) is 53.9 Å². The molecule has 1 aromatic heterocycles. The number of rotatable bonds is 8. The van der Waals surface area contributed by atoms with E-state index in [2.05, 4.69) is 10.3 Å². The Morgan fingerprint density at radius 2 is 2.17 bits per heavy atom. The molecule has 7 nitrogen and oxygen atoms in total. The summed E-state index contributed by atoms with van der Waals surface area (Å²) in [6, 6.07) is 9.63. The summed E-state index contributed by atoms with van der Waals surface area (Å²) in [6.07, 6.45) is 0.926. The van der Waals surface area contributed by atoms with Crippen LogP contribution in [-0.4, -0.2) is 40.3 Å². The molecular formula is C17H21N3O4. The number of primary amides is 1. The number of aliphatic hydroxyl groups excluding tert-OH is 1. The lowest BCUT2D eigenvalue weighted by molar-refractivity contribution is 0.0997. The number of pyridine rings is 1. The van der Waals surface area contributed by atoms with E-state index in [4.69, 9.17) is 10.5 Å². The van der Waals surface area contributed by atoms with Gasteiger partial charge in [-0.3, -0.25) is 9.78 Å². The number of benzene rings is 1. The predicted octanol–water partition coefficient (Wildman–Crippen LogP) is 0.977. The normalized spacial score (nSPS) is 13.2. The van der Waals surface area contributed by atoms with Gasteiger partial charge in [0.2, 0.25) is 0 Å². The van der Waals surface area contributed by atoms with Crippen LogP contribution in [0.4, 0.5) is 0 Å². The summed E-state index contributed by atoms with van der Waals surface area (Å²) in [5.41, 5.74) is 5.79. The molecule has 7 heteroatoms. The van der Waals surface area contributed by atoms with Crippen LogP contribution < -0.4 is 15.8 Å².